The van der Waals surface area contributed by atoms with Gasteiger partial charge in [0.15, 0.2) is 0 Å². The number of piperazine rings is 1. The molecule has 2 saturated heterocycles. The van der Waals surface area contributed by atoms with Gasteiger partial charge in [0, 0.05) is 51.9 Å². The minimum atomic E-state index is -0.673. The van der Waals surface area contributed by atoms with Crippen molar-refractivity contribution in [2.45, 2.75) is 38.5 Å². The van der Waals surface area contributed by atoms with Crippen molar-refractivity contribution in [1.82, 2.24) is 20.0 Å². The van der Waals surface area contributed by atoms with Gasteiger partial charge in [0.1, 0.15) is 30.8 Å². The number of nitrogens with zero attached hydrogens (tertiary/aromatic N) is 3. The van der Waals surface area contributed by atoms with Crippen molar-refractivity contribution in [3.8, 4) is 5.75 Å². The fraction of sp³-hybridized carbons (Fsp3) is 0.459. The molecule has 2 aliphatic heterocycles. The van der Waals surface area contributed by atoms with Gasteiger partial charge in [-0.2, -0.15) is 0 Å². The molecule has 3 aromatic carbocycles. The molecule has 3 aromatic rings. The molecular formula is C37H47FN4O5. The third kappa shape index (κ3) is 10.2. The third-order valence-electron chi connectivity index (χ3n) is 9.10. The van der Waals surface area contributed by atoms with E-state index in [2.05, 4.69) is 39.4 Å². The number of rotatable bonds is 14. The fourth-order valence-electron chi connectivity index (χ4n) is 6.32. The Bertz CT molecular complexity index is 1400. The average Bonchev–Trinajstić information content (AvgIpc) is 3.11. The zero-order valence-corrected chi connectivity index (χ0v) is 27.3. The Balaban J connectivity index is 1.18. The van der Waals surface area contributed by atoms with E-state index in [0.29, 0.717) is 57.3 Å². The van der Waals surface area contributed by atoms with Crippen molar-refractivity contribution in [2.24, 2.45) is 5.92 Å². The van der Waals surface area contributed by atoms with Gasteiger partial charge in [-0.15, -0.1) is 0 Å². The number of benzene rings is 3. The van der Waals surface area contributed by atoms with Crippen LogP contribution in [0.3, 0.4) is 0 Å². The maximum atomic E-state index is 14.8. The number of carbonyl (C=O) groups is 2. The van der Waals surface area contributed by atoms with Gasteiger partial charge in [-0.1, -0.05) is 66.7 Å². The fourth-order valence-corrected chi connectivity index (χ4v) is 6.32. The molecule has 1 atom stereocenters. The summed E-state index contributed by atoms with van der Waals surface area (Å²) in [6, 6.07) is 24.2. The quantitative estimate of drug-likeness (QED) is 0.253. The van der Waals surface area contributed by atoms with E-state index in [0.717, 1.165) is 44.5 Å². The zero-order chi connectivity index (χ0) is 32.8. The molecule has 0 aromatic heterocycles. The standard InChI is InChI=1S/C37H47FN4O5/c1-45-25-26-46-34-14-8-13-33(38)32(34)27-41-21-23-42(24-22-41)36(43)35(39-37(44)47-28-30-11-6-3-7-12-30)31-16-19-40(20-17-31)18-15-29-9-4-2-5-10-29/h2-14,31,35H,15-28H2,1H3,(H,39,44)/t35-/m1/s1. The third-order valence-corrected chi connectivity index (χ3v) is 9.10. The van der Waals surface area contributed by atoms with Crippen LogP contribution in [-0.4, -0.2) is 98.9 Å². The van der Waals surface area contributed by atoms with E-state index in [1.165, 1.54) is 11.6 Å². The first kappa shape index (κ1) is 34.3. The predicted octanol–water partition coefficient (Wildman–Crippen LogP) is 4.74. The highest BCUT2D eigenvalue weighted by Crippen LogP contribution is 2.26. The van der Waals surface area contributed by atoms with Gasteiger partial charge in [-0.25, -0.2) is 9.18 Å². The summed E-state index contributed by atoms with van der Waals surface area (Å²) in [4.78, 5) is 33.5. The average molecular weight is 647 g/mol. The second kappa shape index (κ2) is 17.8. The Morgan fingerprint density at radius 1 is 0.830 bits per heavy atom. The number of hydrogen-bond donors (Lipinski definition) is 1. The molecule has 2 aliphatic rings. The lowest BCUT2D eigenvalue weighted by Gasteiger charge is -2.40. The molecule has 0 unspecified atom stereocenters. The minimum absolute atomic E-state index is 0.00278. The summed E-state index contributed by atoms with van der Waals surface area (Å²) in [6.07, 6.45) is 2.01. The number of methoxy groups -OCH3 is 1. The van der Waals surface area contributed by atoms with Gasteiger partial charge < -0.3 is 29.3 Å². The molecule has 1 N–H and O–H groups in total. The smallest absolute Gasteiger partial charge is 0.408 e. The Kier molecular flexibility index (Phi) is 13.0. The van der Waals surface area contributed by atoms with Crippen LogP contribution < -0.4 is 10.1 Å². The number of nitrogens with one attached hydrogen (secondary N) is 1. The molecule has 10 heteroatoms. The second-order valence-electron chi connectivity index (χ2n) is 12.3. The van der Waals surface area contributed by atoms with Crippen molar-refractivity contribution < 1.29 is 28.2 Å². The number of alkyl carbamates (subject to hydrolysis) is 1. The van der Waals surface area contributed by atoms with Crippen LogP contribution in [0.15, 0.2) is 78.9 Å². The molecule has 2 fully saturated rings. The lowest BCUT2D eigenvalue weighted by molar-refractivity contribution is -0.137. The van der Waals surface area contributed by atoms with Crippen molar-refractivity contribution in [1.29, 1.82) is 0 Å². The number of carbonyl (C=O) groups excluding carboxylic acids is 2. The maximum Gasteiger partial charge on any atom is 0.408 e. The van der Waals surface area contributed by atoms with Gasteiger partial charge in [-0.05, 0) is 61.5 Å². The second-order valence-corrected chi connectivity index (χ2v) is 12.3. The Morgan fingerprint density at radius 2 is 1.51 bits per heavy atom. The lowest BCUT2D eigenvalue weighted by atomic mass is 9.88. The molecule has 2 heterocycles. The van der Waals surface area contributed by atoms with Gasteiger partial charge in [-0.3, -0.25) is 9.69 Å². The van der Waals surface area contributed by atoms with E-state index < -0.39 is 12.1 Å². The van der Waals surface area contributed by atoms with Crippen molar-refractivity contribution in [3.05, 3.63) is 101 Å². The summed E-state index contributed by atoms with van der Waals surface area (Å²) in [7, 11) is 1.60. The first-order valence-electron chi connectivity index (χ1n) is 16.6. The summed E-state index contributed by atoms with van der Waals surface area (Å²) in [5, 5.41) is 2.96. The van der Waals surface area contributed by atoms with Crippen LogP contribution in [0.1, 0.15) is 29.5 Å². The summed E-state index contributed by atoms with van der Waals surface area (Å²) < 4.78 is 31.2. The number of halogens is 1. The lowest BCUT2D eigenvalue weighted by Crippen LogP contribution is -2.58. The predicted molar refractivity (Wildman–Crippen MR) is 178 cm³/mol. The number of piperidine rings is 1. The van der Waals surface area contributed by atoms with Crippen LogP contribution in [0.5, 0.6) is 5.75 Å². The molecule has 47 heavy (non-hydrogen) atoms. The Hall–Kier alpha value is -3.99. The summed E-state index contributed by atoms with van der Waals surface area (Å²) in [5.74, 6) is 0.113. The Labute approximate surface area is 277 Å². The number of likely N-dealkylation sites (tertiary alicyclic amines) is 1. The summed E-state index contributed by atoms with van der Waals surface area (Å²) >= 11 is 0. The SMILES string of the molecule is COCCOc1cccc(F)c1CN1CCN(C(=O)[C@H](NC(=O)OCc2ccccc2)C2CCN(CCc3ccccc3)CC2)CC1. The largest absolute Gasteiger partial charge is 0.491 e. The van der Waals surface area contributed by atoms with E-state index in [1.54, 1.807) is 19.2 Å². The molecule has 2 amide bonds. The molecule has 0 radical (unpaired) electrons. The number of amides is 2. The van der Waals surface area contributed by atoms with Gasteiger partial charge >= 0.3 is 6.09 Å². The maximum absolute atomic E-state index is 14.8. The highest BCUT2D eigenvalue weighted by molar-refractivity contribution is 5.86. The van der Waals surface area contributed by atoms with Gasteiger partial charge in [0.25, 0.3) is 0 Å². The monoisotopic (exact) mass is 646 g/mol. The van der Waals surface area contributed by atoms with Crippen molar-refractivity contribution in [3.63, 3.8) is 0 Å². The van der Waals surface area contributed by atoms with Crippen LogP contribution in [-0.2, 0) is 33.8 Å². The topological polar surface area (TPSA) is 83.6 Å². The van der Waals surface area contributed by atoms with E-state index in [-0.39, 0.29) is 24.2 Å². The molecule has 0 bridgehead atoms. The van der Waals surface area contributed by atoms with E-state index in [1.807, 2.05) is 41.3 Å². The first-order chi connectivity index (χ1) is 23.0. The first-order valence-corrected chi connectivity index (χ1v) is 16.6. The van der Waals surface area contributed by atoms with E-state index in [4.69, 9.17) is 14.2 Å². The van der Waals surface area contributed by atoms with Crippen molar-refractivity contribution >= 4 is 12.0 Å². The normalized spacial score (nSPS) is 16.9. The molecule has 252 valence electrons. The van der Waals surface area contributed by atoms with E-state index >= 15 is 0 Å². The molecule has 0 spiro atoms. The van der Waals surface area contributed by atoms with Crippen LogP contribution >= 0.6 is 0 Å². The Morgan fingerprint density at radius 3 is 2.19 bits per heavy atom. The van der Waals surface area contributed by atoms with Crippen LogP contribution in [0.2, 0.25) is 0 Å². The molecule has 5 rings (SSSR count). The van der Waals surface area contributed by atoms with Crippen LogP contribution in [0, 0.1) is 11.7 Å². The van der Waals surface area contributed by atoms with Gasteiger partial charge in [0.2, 0.25) is 5.91 Å². The summed E-state index contributed by atoms with van der Waals surface area (Å²) in [6.45, 7) is 6.11. The van der Waals surface area contributed by atoms with Crippen molar-refractivity contribution in [2.75, 3.05) is 66.1 Å². The highest BCUT2D eigenvalue weighted by atomic mass is 19.1. The molecule has 9 nitrogen and oxygen atoms in total. The number of ether oxygens (including phenoxy) is 3. The zero-order valence-electron chi connectivity index (χ0n) is 27.3. The highest BCUT2D eigenvalue weighted by Gasteiger charge is 2.36. The molecule has 0 saturated carbocycles. The molecule has 0 aliphatic carbocycles. The summed E-state index contributed by atoms with van der Waals surface area (Å²) in [5.41, 5.74) is 2.70. The van der Waals surface area contributed by atoms with E-state index in [9.17, 15) is 14.0 Å². The van der Waals surface area contributed by atoms with Crippen LogP contribution in [0.4, 0.5) is 9.18 Å². The molecular weight excluding hydrogens is 599 g/mol. The van der Waals surface area contributed by atoms with Crippen LogP contribution in [0.25, 0.3) is 0 Å². The number of hydrogen-bond acceptors (Lipinski definition) is 7. The minimum Gasteiger partial charge on any atom is -0.491 e. The van der Waals surface area contributed by atoms with Gasteiger partial charge in [0.05, 0.1) is 6.61 Å².